The van der Waals surface area contributed by atoms with E-state index in [1.165, 1.54) is 11.1 Å². The number of hydrogen-bond donors (Lipinski definition) is 0. The number of carbonyl (C=O) groups excluding carboxylic acids is 1. The molecule has 1 saturated heterocycles. The monoisotopic (exact) mass is 307 g/mol. The molecule has 0 radical (unpaired) electrons. The van der Waals surface area contributed by atoms with Crippen molar-refractivity contribution in [2.45, 2.75) is 51.2 Å². The van der Waals surface area contributed by atoms with Crippen molar-refractivity contribution in [2.24, 2.45) is 0 Å². The van der Waals surface area contributed by atoms with Gasteiger partial charge in [-0.15, -0.1) is 0 Å². The Morgan fingerprint density at radius 2 is 1.57 bits per heavy atom. The first-order valence-electron chi connectivity index (χ1n) is 8.43. The number of piperidine rings is 1. The Morgan fingerprint density at radius 3 is 2.17 bits per heavy atom. The van der Waals surface area contributed by atoms with Crippen molar-refractivity contribution in [1.82, 2.24) is 4.90 Å². The van der Waals surface area contributed by atoms with Gasteiger partial charge in [-0.05, 0) is 31.4 Å². The molecule has 0 saturated carbocycles. The highest BCUT2D eigenvalue weighted by Gasteiger charge is 2.41. The Morgan fingerprint density at radius 1 is 1.00 bits per heavy atom. The van der Waals surface area contributed by atoms with E-state index in [-0.39, 0.29) is 11.6 Å². The summed E-state index contributed by atoms with van der Waals surface area (Å²) in [5.41, 5.74) is 2.49. The van der Waals surface area contributed by atoms with Crippen LogP contribution in [-0.2, 0) is 17.8 Å². The average Bonchev–Trinajstić information content (AvgIpc) is 2.53. The maximum Gasteiger partial charge on any atom is 0.136 e. The molecule has 0 N–H and O–H groups in total. The lowest BCUT2D eigenvalue weighted by Crippen LogP contribution is -2.57. The summed E-state index contributed by atoms with van der Waals surface area (Å²) in [6.45, 7) is 5.33. The normalized spacial score (nSPS) is 25.5. The molecule has 2 aromatic rings. The fourth-order valence-electron chi connectivity index (χ4n) is 3.90. The largest absolute Gasteiger partial charge is 0.300 e. The molecule has 0 aromatic heterocycles. The molecule has 1 aliphatic heterocycles. The Kier molecular flexibility index (Phi) is 4.63. The van der Waals surface area contributed by atoms with Gasteiger partial charge < -0.3 is 0 Å². The molecule has 0 unspecified atom stereocenters. The number of Topliss-reactive ketones (excluding diaryl/α,β-unsaturated/α-hetero) is 1. The van der Waals surface area contributed by atoms with E-state index in [0.717, 1.165) is 13.0 Å². The van der Waals surface area contributed by atoms with Gasteiger partial charge >= 0.3 is 0 Å². The topological polar surface area (TPSA) is 20.3 Å². The minimum Gasteiger partial charge on any atom is -0.300 e. The van der Waals surface area contributed by atoms with Gasteiger partial charge in [-0.2, -0.15) is 0 Å². The summed E-state index contributed by atoms with van der Waals surface area (Å²) in [7, 11) is 0. The molecule has 120 valence electrons. The molecule has 0 spiro atoms. The molecule has 1 fully saturated rings. The predicted octanol–water partition coefficient (Wildman–Crippen LogP) is 4.24. The van der Waals surface area contributed by atoms with Gasteiger partial charge in [0, 0.05) is 31.0 Å². The fourth-order valence-corrected chi connectivity index (χ4v) is 3.90. The quantitative estimate of drug-likeness (QED) is 0.842. The fraction of sp³-hybridized carbons (Fsp3) is 0.381. The first kappa shape index (κ1) is 15.9. The van der Waals surface area contributed by atoms with E-state index in [0.29, 0.717) is 18.6 Å². The van der Waals surface area contributed by atoms with Crippen LogP contribution in [0.3, 0.4) is 0 Å². The lowest BCUT2D eigenvalue weighted by atomic mass is 9.79. The highest BCUT2D eigenvalue weighted by molar-refractivity contribution is 5.81. The van der Waals surface area contributed by atoms with Gasteiger partial charge in [-0.3, -0.25) is 9.69 Å². The molecule has 0 bridgehead atoms. The number of carbonyl (C=O) groups is 1. The third kappa shape index (κ3) is 3.70. The van der Waals surface area contributed by atoms with Crippen molar-refractivity contribution in [2.75, 3.05) is 0 Å². The third-order valence-corrected chi connectivity index (χ3v) is 4.95. The first-order valence-corrected chi connectivity index (χ1v) is 8.43. The van der Waals surface area contributed by atoms with E-state index in [4.69, 9.17) is 0 Å². The van der Waals surface area contributed by atoms with E-state index < -0.39 is 0 Å². The van der Waals surface area contributed by atoms with Gasteiger partial charge in [0.1, 0.15) is 5.78 Å². The summed E-state index contributed by atoms with van der Waals surface area (Å²) in [6, 6.07) is 21.4. The Bertz CT molecular complexity index is 652. The van der Waals surface area contributed by atoms with Crippen LogP contribution in [0.2, 0.25) is 0 Å². The van der Waals surface area contributed by atoms with E-state index in [1.807, 2.05) is 6.07 Å². The summed E-state index contributed by atoms with van der Waals surface area (Å²) >= 11 is 0. The second-order valence-electron chi connectivity index (χ2n) is 7.04. The molecule has 2 aromatic carbocycles. The van der Waals surface area contributed by atoms with Crippen LogP contribution in [0.25, 0.3) is 0 Å². The lowest BCUT2D eigenvalue weighted by molar-refractivity contribution is -0.129. The standard InChI is InChI=1S/C21H25NO/c1-17-13-20(23)15-21(2,14-18-9-5-3-6-10-18)22(17)16-19-11-7-4-8-12-19/h3-12,17H,13-16H2,1-2H3/t17-,21+/m0/s1. The molecule has 2 heteroatoms. The van der Waals surface area contributed by atoms with E-state index in [2.05, 4.69) is 73.3 Å². The highest BCUT2D eigenvalue weighted by atomic mass is 16.1. The van der Waals surface area contributed by atoms with E-state index in [1.54, 1.807) is 0 Å². The Labute approximate surface area is 139 Å². The van der Waals surface area contributed by atoms with Gasteiger partial charge in [0.05, 0.1) is 0 Å². The summed E-state index contributed by atoms with van der Waals surface area (Å²) in [5, 5.41) is 0. The smallest absolute Gasteiger partial charge is 0.136 e. The second kappa shape index (κ2) is 6.67. The maximum atomic E-state index is 12.3. The minimum absolute atomic E-state index is 0.119. The molecule has 2 nitrogen and oxygen atoms in total. The van der Waals surface area contributed by atoms with Gasteiger partial charge in [-0.1, -0.05) is 60.7 Å². The zero-order valence-electron chi connectivity index (χ0n) is 14.0. The number of nitrogens with zero attached hydrogens (tertiary/aromatic N) is 1. The van der Waals surface area contributed by atoms with Crippen LogP contribution in [0, 0.1) is 0 Å². The van der Waals surface area contributed by atoms with Crippen molar-refractivity contribution < 1.29 is 4.79 Å². The first-order chi connectivity index (χ1) is 11.1. The lowest BCUT2D eigenvalue weighted by Gasteiger charge is -2.48. The third-order valence-electron chi connectivity index (χ3n) is 4.95. The van der Waals surface area contributed by atoms with Crippen molar-refractivity contribution >= 4 is 5.78 Å². The number of rotatable bonds is 4. The van der Waals surface area contributed by atoms with Gasteiger partial charge in [-0.25, -0.2) is 0 Å². The average molecular weight is 307 g/mol. The number of benzene rings is 2. The van der Waals surface area contributed by atoms with Crippen LogP contribution in [0.4, 0.5) is 0 Å². The van der Waals surface area contributed by atoms with Gasteiger partial charge in [0.2, 0.25) is 0 Å². The summed E-state index contributed by atoms with van der Waals surface area (Å²) in [4.78, 5) is 14.8. The highest BCUT2D eigenvalue weighted by Crippen LogP contribution is 2.34. The zero-order valence-corrected chi connectivity index (χ0v) is 14.0. The van der Waals surface area contributed by atoms with Crippen LogP contribution >= 0.6 is 0 Å². The Hall–Kier alpha value is -1.93. The zero-order chi connectivity index (χ0) is 16.3. The van der Waals surface area contributed by atoms with Crippen molar-refractivity contribution in [3.63, 3.8) is 0 Å². The molecule has 0 amide bonds. The van der Waals surface area contributed by atoms with Crippen LogP contribution in [0.15, 0.2) is 60.7 Å². The molecule has 3 rings (SSSR count). The minimum atomic E-state index is -0.119. The summed E-state index contributed by atoms with van der Waals surface area (Å²) in [5.74, 6) is 0.389. The molecule has 23 heavy (non-hydrogen) atoms. The second-order valence-corrected chi connectivity index (χ2v) is 7.04. The maximum absolute atomic E-state index is 12.3. The van der Waals surface area contributed by atoms with Crippen molar-refractivity contribution in [3.8, 4) is 0 Å². The van der Waals surface area contributed by atoms with E-state index in [9.17, 15) is 4.79 Å². The molecule has 1 aliphatic rings. The van der Waals surface area contributed by atoms with Crippen molar-refractivity contribution in [1.29, 1.82) is 0 Å². The van der Waals surface area contributed by atoms with Crippen molar-refractivity contribution in [3.05, 3.63) is 71.8 Å². The molecule has 2 atom stereocenters. The van der Waals surface area contributed by atoms with Crippen LogP contribution in [-0.4, -0.2) is 22.3 Å². The van der Waals surface area contributed by atoms with Crippen LogP contribution in [0.1, 0.15) is 37.8 Å². The molecule has 1 heterocycles. The summed E-state index contributed by atoms with van der Waals surface area (Å²) < 4.78 is 0. The van der Waals surface area contributed by atoms with Gasteiger partial charge in [0.25, 0.3) is 0 Å². The molecular weight excluding hydrogens is 282 g/mol. The molecular formula is C21H25NO. The molecule has 0 aliphatic carbocycles. The van der Waals surface area contributed by atoms with Gasteiger partial charge in [0.15, 0.2) is 0 Å². The van der Waals surface area contributed by atoms with E-state index >= 15 is 0 Å². The van der Waals surface area contributed by atoms with Crippen LogP contribution in [0.5, 0.6) is 0 Å². The van der Waals surface area contributed by atoms with Crippen LogP contribution < -0.4 is 0 Å². The predicted molar refractivity (Wildman–Crippen MR) is 94.2 cm³/mol. The number of hydrogen-bond acceptors (Lipinski definition) is 2. The number of likely N-dealkylation sites (tertiary alicyclic amines) is 1. The summed E-state index contributed by atoms with van der Waals surface area (Å²) in [6.07, 6.45) is 2.22. The Balaban J connectivity index is 1.87. The SMILES string of the molecule is C[C@H]1CC(=O)C[C@@](C)(Cc2ccccc2)N1Cc1ccccc1. The number of ketones is 1.